The minimum atomic E-state index is -0.304. The maximum Gasteiger partial charge on any atom is 0.410 e. The van der Waals surface area contributed by atoms with Gasteiger partial charge in [-0.05, 0) is 48.3 Å². The van der Waals surface area contributed by atoms with E-state index in [2.05, 4.69) is 51.6 Å². The number of rotatable bonds is 4. The normalized spacial score (nSPS) is 18.1. The molecule has 1 amide bonds. The lowest BCUT2D eigenvalue weighted by Crippen LogP contribution is -2.38. The van der Waals surface area contributed by atoms with Crippen LogP contribution in [0.1, 0.15) is 71.4 Å². The number of carbonyl (C=O) groups excluding carboxylic acids is 1. The van der Waals surface area contributed by atoms with Gasteiger partial charge in [0.25, 0.3) is 5.95 Å². The third-order valence-electron chi connectivity index (χ3n) is 5.62. The number of likely N-dealkylation sites (tertiary alicyclic amines) is 1. The zero-order valence-electron chi connectivity index (χ0n) is 19.9. The van der Waals surface area contributed by atoms with Crippen LogP contribution in [0.3, 0.4) is 0 Å². The summed E-state index contributed by atoms with van der Waals surface area (Å²) < 4.78 is 16.6. The van der Waals surface area contributed by atoms with Crippen molar-refractivity contribution in [2.45, 2.75) is 66.7 Å². The third kappa shape index (κ3) is 6.28. The van der Waals surface area contributed by atoms with Crippen LogP contribution in [0, 0.1) is 10.8 Å². The summed E-state index contributed by atoms with van der Waals surface area (Å²) in [6.45, 7) is 18.0. The quantitative estimate of drug-likeness (QED) is 0.560. The summed E-state index contributed by atoms with van der Waals surface area (Å²) in [5.41, 5.74) is 2.79. The molecule has 1 aromatic carbocycles. The Balaban J connectivity index is 1.54. The van der Waals surface area contributed by atoms with Gasteiger partial charge in [-0.3, -0.25) is 0 Å². The van der Waals surface area contributed by atoms with Crippen molar-refractivity contribution in [1.82, 2.24) is 4.90 Å². The predicted octanol–water partition coefficient (Wildman–Crippen LogP) is 6.37. The number of nitrogens with zero attached hydrogens (tertiary/aromatic N) is 1. The molecule has 0 atom stereocenters. The summed E-state index contributed by atoms with van der Waals surface area (Å²) in [7, 11) is 0. The van der Waals surface area contributed by atoms with Gasteiger partial charge in [0.15, 0.2) is 18.1 Å². The highest BCUT2D eigenvalue weighted by Crippen LogP contribution is 2.37. The van der Waals surface area contributed by atoms with Gasteiger partial charge in [0.2, 0.25) is 0 Å². The van der Waals surface area contributed by atoms with Crippen molar-refractivity contribution in [1.29, 1.82) is 0 Å². The molecular weight excluding hydrogens is 390 g/mol. The highest BCUT2D eigenvalue weighted by Gasteiger charge is 2.33. The smallest absolute Gasteiger partial charge is 0.410 e. The monoisotopic (exact) mass is 427 g/mol. The number of hydrogen-bond acceptors (Lipinski definition) is 4. The molecule has 31 heavy (non-hydrogen) atoms. The van der Waals surface area contributed by atoms with Crippen LogP contribution in [-0.2, 0) is 20.6 Å². The zero-order valence-corrected chi connectivity index (χ0v) is 19.9. The van der Waals surface area contributed by atoms with Crippen LogP contribution in [0.15, 0.2) is 48.3 Å². The van der Waals surface area contributed by atoms with Crippen molar-refractivity contribution in [3.63, 3.8) is 0 Å². The first-order chi connectivity index (χ1) is 14.4. The summed E-state index contributed by atoms with van der Waals surface area (Å²) in [6.07, 6.45) is 2.65. The van der Waals surface area contributed by atoms with E-state index in [9.17, 15) is 4.79 Å². The van der Waals surface area contributed by atoms with Gasteiger partial charge < -0.3 is 19.1 Å². The number of hydrogen-bond donors (Lipinski definition) is 0. The Morgan fingerprint density at radius 3 is 2.42 bits per heavy atom. The highest BCUT2D eigenvalue weighted by atomic mass is 16.7. The predicted molar refractivity (Wildman–Crippen MR) is 122 cm³/mol. The van der Waals surface area contributed by atoms with E-state index in [1.807, 2.05) is 20.8 Å². The Labute approximate surface area is 187 Å². The minimum Gasteiger partial charge on any atom is -0.441 e. The second-order valence-electron chi connectivity index (χ2n) is 10.9. The van der Waals surface area contributed by atoms with E-state index in [4.69, 9.17) is 14.2 Å². The van der Waals surface area contributed by atoms with Gasteiger partial charge in [0.05, 0.1) is 0 Å². The van der Waals surface area contributed by atoms with Crippen molar-refractivity contribution < 1.29 is 19.0 Å². The molecule has 0 N–H and O–H groups in total. The van der Waals surface area contributed by atoms with Gasteiger partial charge in [-0.2, -0.15) is 0 Å². The Morgan fingerprint density at radius 2 is 1.81 bits per heavy atom. The average molecular weight is 428 g/mol. The molecule has 1 aromatic rings. The summed E-state index contributed by atoms with van der Waals surface area (Å²) in [4.78, 5) is 14.4. The Kier molecular flexibility index (Phi) is 6.73. The van der Waals surface area contributed by atoms with E-state index in [0.717, 1.165) is 19.3 Å². The molecule has 0 saturated carbocycles. The van der Waals surface area contributed by atoms with Crippen LogP contribution in [0.5, 0.6) is 0 Å². The maximum atomic E-state index is 12.6. The van der Waals surface area contributed by atoms with Crippen molar-refractivity contribution in [2.24, 2.45) is 10.8 Å². The van der Waals surface area contributed by atoms with Crippen LogP contribution in [-0.4, -0.2) is 30.7 Å². The summed E-state index contributed by atoms with van der Waals surface area (Å²) in [5.74, 6) is 1.90. The molecule has 3 rings (SSSR count). The lowest BCUT2D eigenvalue weighted by atomic mass is 9.84. The first kappa shape index (κ1) is 23.2. The van der Waals surface area contributed by atoms with Crippen LogP contribution in [0.25, 0.3) is 0 Å². The number of piperidine rings is 1. The van der Waals surface area contributed by atoms with Crippen molar-refractivity contribution in [3.8, 4) is 0 Å². The van der Waals surface area contributed by atoms with Crippen LogP contribution < -0.4 is 0 Å². The summed E-state index contributed by atoms with van der Waals surface area (Å²) in [6, 6.07) is 8.94. The van der Waals surface area contributed by atoms with Crippen LogP contribution >= 0.6 is 0 Å². The molecule has 2 aliphatic rings. The molecule has 0 unspecified atom stereocenters. The Bertz CT molecular complexity index is 849. The number of carbonyl (C=O) groups is 1. The van der Waals surface area contributed by atoms with Crippen molar-refractivity contribution in [3.05, 3.63) is 59.4 Å². The lowest BCUT2D eigenvalue weighted by molar-refractivity contribution is 0.0861. The number of allylic oxidation sites excluding steroid dienone is 1. The Morgan fingerprint density at radius 1 is 1.13 bits per heavy atom. The van der Waals surface area contributed by atoms with E-state index in [1.54, 1.807) is 4.90 Å². The molecule has 5 heteroatoms. The van der Waals surface area contributed by atoms with Gasteiger partial charge in [0.1, 0.15) is 0 Å². The first-order valence-corrected chi connectivity index (χ1v) is 11.2. The second-order valence-corrected chi connectivity index (χ2v) is 10.9. The molecule has 0 aromatic heterocycles. The minimum absolute atomic E-state index is 0.0548. The zero-order chi connectivity index (χ0) is 22.8. The Hall–Kier alpha value is -2.43. The molecule has 0 spiro atoms. The number of benzene rings is 1. The van der Waals surface area contributed by atoms with Gasteiger partial charge >= 0.3 is 6.09 Å². The fourth-order valence-electron chi connectivity index (χ4n) is 4.23. The molecule has 1 saturated heterocycles. The lowest BCUT2D eigenvalue weighted by Gasteiger charge is -2.32. The van der Waals surface area contributed by atoms with Crippen molar-refractivity contribution >= 4 is 6.09 Å². The molecule has 0 bridgehead atoms. The van der Waals surface area contributed by atoms with E-state index in [-0.39, 0.29) is 29.5 Å². The fourth-order valence-corrected chi connectivity index (χ4v) is 4.23. The molecule has 1 fully saturated rings. The molecule has 5 nitrogen and oxygen atoms in total. The second kappa shape index (κ2) is 8.97. The van der Waals surface area contributed by atoms with E-state index < -0.39 is 0 Å². The molecule has 170 valence electrons. The molecule has 0 radical (unpaired) electrons. The number of amides is 1. The summed E-state index contributed by atoms with van der Waals surface area (Å²) in [5, 5.41) is 0. The first-order valence-electron chi connectivity index (χ1n) is 11.2. The van der Waals surface area contributed by atoms with Gasteiger partial charge in [-0.15, -0.1) is 0 Å². The number of ether oxygens (including phenoxy) is 3. The molecule has 0 aliphatic carbocycles. The van der Waals surface area contributed by atoms with Gasteiger partial charge in [-0.1, -0.05) is 65.8 Å². The third-order valence-corrected chi connectivity index (χ3v) is 5.62. The van der Waals surface area contributed by atoms with Crippen molar-refractivity contribution in [2.75, 3.05) is 19.7 Å². The average Bonchev–Trinajstić information content (AvgIpc) is 3.06. The molecule has 2 aliphatic heterocycles. The fraction of sp³-hybridized carbons (Fsp3) is 0.577. The standard InChI is InChI=1S/C26H37NO4/c1-18-30-22(23(31-18)26(5,6)7)17-29-24(28)27-13-11-20(12-14-27)21-10-8-9-19(15-21)16-25(2,3)4/h8-10,15,20H,1,11-14,16-17H2,2-7H3. The largest absolute Gasteiger partial charge is 0.441 e. The SMILES string of the molecule is C=C1OC(COC(=O)N2CCC(c3cccc(CC(C)(C)C)c3)CC2)=C(C(C)(C)C)O1. The van der Waals surface area contributed by atoms with Gasteiger partial charge in [-0.25, -0.2) is 4.79 Å². The van der Waals surface area contributed by atoms with Gasteiger partial charge in [0, 0.05) is 18.5 Å². The van der Waals surface area contributed by atoms with Crippen LogP contribution in [0.2, 0.25) is 0 Å². The van der Waals surface area contributed by atoms with E-state index in [1.165, 1.54) is 11.1 Å². The maximum absolute atomic E-state index is 12.6. The van der Waals surface area contributed by atoms with E-state index >= 15 is 0 Å². The highest BCUT2D eigenvalue weighted by molar-refractivity contribution is 5.68. The molecule has 2 heterocycles. The van der Waals surface area contributed by atoms with Crippen LogP contribution in [0.4, 0.5) is 4.79 Å². The molecular formula is C26H37NO4. The summed E-state index contributed by atoms with van der Waals surface area (Å²) >= 11 is 0. The van der Waals surface area contributed by atoms with E-state index in [0.29, 0.717) is 30.5 Å². The topological polar surface area (TPSA) is 48.0 Å².